The summed E-state index contributed by atoms with van der Waals surface area (Å²) in [6.07, 6.45) is 2.60. The van der Waals surface area contributed by atoms with Crippen LogP contribution in [-0.2, 0) is 4.79 Å². The molecule has 0 amide bonds. The maximum Gasteiger partial charge on any atom is 0.335 e. The first-order valence-electron chi connectivity index (χ1n) is 2.59. The van der Waals surface area contributed by atoms with E-state index in [0.29, 0.717) is 5.70 Å². The van der Waals surface area contributed by atoms with Gasteiger partial charge in [-0.05, 0) is 12.2 Å². The summed E-state index contributed by atoms with van der Waals surface area (Å²) in [4.78, 5) is 10.1. The fraction of sp³-hybridized carbons (Fsp3) is 0. The zero-order chi connectivity index (χ0) is 8.15. The predicted octanol–water partition coefficient (Wildman–Crippen LogP) is 0.656. The Morgan fingerprint density at radius 3 is 2.40 bits per heavy atom. The molecular formula is C7H9NO2. The average molecular weight is 139 g/mol. The molecular weight excluding hydrogens is 130 g/mol. The SMILES string of the molecule is C=C/C(N)=C/C(=C)C(=O)O. The van der Waals surface area contributed by atoms with Crippen molar-refractivity contribution in [2.45, 2.75) is 0 Å². The van der Waals surface area contributed by atoms with E-state index in [9.17, 15) is 4.79 Å². The van der Waals surface area contributed by atoms with Crippen LogP contribution < -0.4 is 5.73 Å². The third kappa shape index (κ3) is 2.71. The maximum atomic E-state index is 10.1. The number of carboxylic acids is 1. The Labute approximate surface area is 59.2 Å². The van der Waals surface area contributed by atoms with E-state index >= 15 is 0 Å². The standard InChI is InChI=1S/C7H9NO2/c1-3-6(8)4-5(2)7(9)10/h3-4H,1-2,8H2,(H,9,10)/b6-4-. The van der Waals surface area contributed by atoms with Gasteiger partial charge in [-0.3, -0.25) is 0 Å². The Bertz CT molecular complexity index is 204. The molecule has 0 rings (SSSR count). The number of carboxylic acid groups (broad SMARTS) is 1. The van der Waals surface area contributed by atoms with Gasteiger partial charge in [0.05, 0.1) is 5.57 Å². The van der Waals surface area contributed by atoms with Gasteiger partial charge in [-0.2, -0.15) is 0 Å². The van der Waals surface area contributed by atoms with Crippen LogP contribution in [0.2, 0.25) is 0 Å². The second-order valence-corrected chi connectivity index (χ2v) is 1.68. The molecule has 3 nitrogen and oxygen atoms in total. The molecule has 0 radical (unpaired) electrons. The van der Waals surface area contributed by atoms with Crippen molar-refractivity contribution < 1.29 is 9.90 Å². The lowest BCUT2D eigenvalue weighted by atomic mass is 10.2. The molecule has 0 heterocycles. The van der Waals surface area contributed by atoms with E-state index in [1.807, 2.05) is 0 Å². The van der Waals surface area contributed by atoms with Crippen LogP contribution in [0.3, 0.4) is 0 Å². The van der Waals surface area contributed by atoms with Crippen LogP contribution in [0.4, 0.5) is 0 Å². The van der Waals surface area contributed by atoms with Crippen LogP contribution >= 0.6 is 0 Å². The van der Waals surface area contributed by atoms with E-state index in [1.165, 1.54) is 12.2 Å². The number of aliphatic carboxylic acids is 1. The molecule has 0 saturated carbocycles. The highest BCUT2D eigenvalue weighted by molar-refractivity contribution is 5.89. The van der Waals surface area contributed by atoms with Crippen molar-refractivity contribution in [3.8, 4) is 0 Å². The van der Waals surface area contributed by atoms with E-state index < -0.39 is 5.97 Å². The van der Waals surface area contributed by atoms with E-state index in [0.717, 1.165) is 0 Å². The van der Waals surface area contributed by atoms with Crippen molar-refractivity contribution in [1.82, 2.24) is 0 Å². The molecule has 0 saturated heterocycles. The summed E-state index contributed by atoms with van der Waals surface area (Å²) in [7, 11) is 0. The van der Waals surface area contributed by atoms with Gasteiger partial charge in [0, 0.05) is 5.70 Å². The Morgan fingerprint density at radius 2 is 2.10 bits per heavy atom. The van der Waals surface area contributed by atoms with Gasteiger partial charge in [0.1, 0.15) is 0 Å². The Morgan fingerprint density at radius 1 is 1.60 bits per heavy atom. The van der Waals surface area contributed by atoms with Gasteiger partial charge in [-0.25, -0.2) is 4.79 Å². The van der Waals surface area contributed by atoms with Crippen LogP contribution in [0, 0.1) is 0 Å². The molecule has 0 aromatic carbocycles. The number of rotatable bonds is 3. The van der Waals surface area contributed by atoms with Gasteiger partial charge >= 0.3 is 5.97 Å². The molecule has 0 aromatic rings. The summed E-state index contributed by atoms with van der Waals surface area (Å²) in [5.74, 6) is -1.08. The minimum atomic E-state index is -1.08. The summed E-state index contributed by atoms with van der Waals surface area (Å²) in [6.45, 7) is 6.58. The molecule has 0 atom stereocenters. The van der Waals surface area contributed by atoms with E-state index in [4.69, 9.17) is 10.8 Å². The predicted molar refractivity (Wildman–Crippen MR) is 39.2 cm³/mol. The highest BCUT2D eigenvalue weighted by Gasteiger charge is 1.98. The molecule has 10 heavy (non-hydrogen) atoms. The molecule has 0 aliphatic rings. The van der Waals surface area contributed by atoms with Crippen LogP contribution in [0.5, 0.6) is 0 Å². The molecule has 3 N–H and O–H groups in total. The molecule has 0 spiro atoms. The summed E-state index contributed by atoms with van der Waals surface area (Å²) < 4.78 is 0. The highest BCUT2D eigenvalue weighted by atomic mass is 16.4. The number of hydrogen-bond donors (Lipinski definition) is 2. The van der Waals surface area contributed by atoms with Crippen molar-refractivity contribution >= 4 is 5.97 Å². The van der Waals surface area contributed by atoms with Crippen LogP contribution in [0.1, 0.15) is 0 Å². The van der Waals surface area contributed by atoms with Crippen molar-refractivity contribution in [3.63, 3.8) is 0 Å². The summed E-state index contributed by atoms with van der Waals surface area (Å²) in [5.41, 5.74) is 5.48. The molecule has 3 heteroatoms. The van der Waals surface area contributed by atoms with Crippen molar-refractivity contribution in [3.05, 3.63) is 36.6 Å². The molecule has 0 fully saturated rings. The number of carbonyl (C=O) groups is 1. The van der Waals surface area contributed by atoms with Crippen molar-refractivity contribution in [2.75, 3.05) is 0 Å². The normalized spacial score (nSPS) is 10.6. The third-order valence-corrected chi connectivity index (χ3v) is 0.851. The zero-order valence-electron chi connectivity index (χ0n) is 5.50. The lowest BCUT2D eigenvalue weighted by Gasteiger charge is -1.91. The van der Waals surface area contributed by atoms with Gasteiger partial charge in [0.15, 0.2) is 0 Å². The topological polar surface area (TPSA) is 63.3 Å². The summed E-state index contributed by atoms with van der Waals surface area (Å²) >= 11 is 0. The number of allylic oxidation sites excluding steroid dienone is 1. The lowest BCUT2D eigenvalue weighted by Crippen LogP contribution is -1.99. The highest BCUT2D eigenvalue weighted by Crippen LogP contribution is 1.95. The second-order valence-electron chi connectivity index (χ2n) is 1.68. The minimum Gasteiger partial charge on any atom is -0.478 e. The number of hydrogen-bond acceptors (Lipinski definition) is 2. The first-order chi connectivity index (χ1) is 4.57. The van der Waals surface area contributed by atoms with E-state index in [1.54, 1.807) is 0 Å². The van der Waals surface area contributed by atoms with Crippen LogP contribution in [-0.4, -0.2) is 11.1 Å². The van der Waals surface area contributed by atoms with Gasteiger partial charge in [0.25, 0.3) is 0 Å². The van der Waals surface area contributed by atoms with E-state index in [2.05, 4.69) is 13.2 Å². The average Bonchev–Trinajstić information content (AvgIpc) is 1.87. The molecule has 0 bridgehead atoms. The monoisotopic (exact) mass is 139 g/mol. The maximum absolute atomic E-state index is 10.1. The van der Waals surface area contributed by atoms with Gasteiger partial charge in [-0.1, -0.05) is 13.2 Å². The minimum absolute atomic E-state index is 0.0441. The Balaban J connectivity index is 4.27. The third-order valence-electron chi connectivity index (χ3n) is 0.851. The molecule has 0 aromatic heterocycles. The molecule has 0 unspecified atom stereocenters. The fourth-order valence-electron chi connectivity index (χ4n) is 0.322. The van der Waals surface area contributed by atoms with Crippen LogP contribution in [0.25, 0.3) is 0 Å². The summed E-state index contributed by atoms with van der Waals surface area (Å²) in [6, 6.07) is 0. The fourth-order valence-corrected chi connectivity index (χ4v) is 0.322. The number of nitrogens with two attached hydrogens (primary N) is 1. The largest absolute Gasteiger partial charge is 0.478 e. The van der Waals surface area contributed by atoms with Gasteiger partial charge < -0.3 is 10.8 Å². The Hall–Kier alpha value is -1.51. The smallest absolute Gasteiger partial charge is 0.335 e. The quantitative estimate of drug-likeness (QED) is 0.446. The second kappa shape index (κ2) is 3.50. The van der Waals surface area contributed by atoms with Crippen molar-refractivity contribution in [2.24, 2.45) is 5.73 Å². The summed E-state index contributed by atoms with van der Waals surface area (Å²) in [5, 5.41) is 8.29. The zero-order valence-corrected chi connectivity index (χ0v) is 5.50. The molecule has 0 aliphatic heterocycles. The van der Waals surface area contributed by atoms with Gasteiger partial charge in [-0.15, -0.1) is 0 Å². The first kappa shape index (κ1) is 8.49. The van der Waals surface area contributed by atoms with E-state index in [-0.39, 0.29) is 5.57 Å². The lowest BCUT2D eigenvalue weighted by molar-refractivity contribution is -0.132. The van der Waals surface area contributed by atoms with Gasteiger partial charge in [0.2, 0.25) is 0 Å². The van der Waals surface area contributed by atoms with Crippen molar-refractivity contribution in [1.29, 1.82) is 0 Å². The first-order valence-corrected chi connectivity index (χ1v) is 2.59. The Kier molecular flexibility index (Phi) is 2.97. The molecule has 54 valence electrons. The van der Waals surface area contributed by atoms with Crippen LogP contribution in [0.15, 0.2) is 36.6 Å². The molecule has 0 aliphatic carbocycles.